The molecule has 2 aliphatic heterocycles. The summed E-state index contributed by atoms with van der Waals surface area (Å²) in [6.07, 6.45) is 1.16. The standard InChI is InChI=1S/C22H23BrN4O3/c23-17-8-6-16(7-9-17)18-12-19(25-24-18)22(30)26-13-20(28)27(21(29)14-26)11-10-15-4-2-1-3-5-15/h1-9,18-19,24-25H,10-14H2. The second-order valence-electron chi connectivity index (χ2n) is 7.55. The van der Waals surface area contributed by atoms with Crippen molar-refractivity contribution < 1.29 is 14.4 Å². The maximum atomic E-state index is 12.9. The molecule has 156 valence electrons. The normalized spacial score (nSPS) is 21.9. The lowest BCUT2D eigenvalue weighted by atomic mass is 10.0. The highest BCUT2D eigenvalue weighted by Crippen LogP contribution is 2.25. The number of hydrogen-bond acceptors (Lipinski definition) is 5. The fourth-order valence-corrected chi connectivity index (χ4v) is 4.10. The Morgan fingerprint density at radius 2 is 1.63 bits per heavy atom. The molecule has 4 rings (SSSR count). The first kappa shape index (κ1) is 20.7. The van der Waals surface area contributed by atoms with Gasteiger partial charge in [-0.05, 0) is 36.1 Å². The molecule has 0 radical (unpaired) electrons. The van der Waals surface area contributed by atoms with Crippen LogP contribution >= 0.6 is 15.9 Å². The Hall–Kier alpha value is -2.55. The highest BCUT2D eigenvalue weighted by Gasteiger charge is 2.38. The molecule has 2 heterocycles. The molecule has 2 N–H and O–H groups in total. The highest BCUT2D eigenvalue weighted by molar-refractivity contribution is 9.10. The van der Waals surface area contributed by atoms with Crippen LogP contribution in [-0.2, 0) is 20.8 Å². The van der Waals surface area contributed by atoms with Crippen LogP contribution in [0.3, 0.4) is 0 Å². The van der Waals surface area contributed by atoms with Gasteiger partial charge in [-0.1, -0.05) is 58.4 Å². The monoisotopic (exact) mass is 470 g/mol. The minimum absolute atomic E-state index is 0.00869. The van der Waals surface area contributed by atoms with Gasteiger partial charge in [0.2, 0.25) is 17.7 Å². The number of halogens is 1. The van der Waals surface area contributed by atoms with Crippen molar-refractivity contribution in [3.05, 3.63) is 70.2 Å². The lowest BCUT2D eigenvalue weighted by molar-refractivity contribution is -0.157. The van der Waals surface area contributed by atoms with Crippen molar-refractivity contribution in [2.75, 3.05) is 19.6 Å². The van der Waals surface area contributed by atoms with Crippen LogP contribution in [0.5, 0.6) is 0 Å². The van der Waals surface area contributed by atoms with Crippen LogP contribution in [0.25, 0.3) is 0 Å². The summed E-state index contributed by atoms with van der Waals surface area (Å²) in [5.41, 5.74) is 8.29. The van der Waals surface area contributed by atoms with E-state index in [1.807, 2.05) is 54.6 Å². The van der Waals surface area contributed by atoms with E-state index in [2.05, 4.69) is 26.8 Å². The number of imide groups is 1. The van der Waals surface area contributed by atoms with Gasteiger partial charge in [0.1, 0.15) is 19.1 Å². The first-order valence-corrected chi connectivity index (χ1v) is 10.7. The molecule has 8 heteroatoms. The summed E-state index contributed by atoms with van der Waals surface area (Å²) in [6.45, 7) is 0.194. The molecule has 30 heavy (non-hydrogen) atoms. The number of benzene rings is 2. The number of nitrogens with zero attached hydrogens (tertiary/aromatic N) is 2. The van der Waals surface area contributed by atoms with Crippen molar-refractivity contribution in [1.82, 2.24) is 20.7 Å². The predicted octanol–water partition coefficient (Wildman–Crippen LogP) is 1.80. The molecule has 0 aromatic heterocycles. The van der Waals surface area contributed by atoms with E-state index in [4.69, 9.17) is 0 Å². The largest absolute Gasteiger partial charge is 0.323 e. The van der Waals surface area contributed by atoms with E-state index in [-0.39, 0.29) is 36.9 Å². The van der Waals surface area contributed by atoms with Crippen LogP contribution in [0.4, 0.5) is 0 Å². The molecule has 2 aromatic rings. The SMILES string of the molecule is O=C(C1CC(c2ccc(Br)cc2)NN1)N1CC(=O)N(CCc2ccccc2)C(=O)C1. The first-order valence-electron chi connectivity index (χ1n) is 9.93. The average Bonchev–Trinajstić information content (AvgIpc) is 3.24. The molecule has 2 atom stereocenters. The second-order valence-corrected chi connectivity index (χ2v) is 8.47. The van der Waals surface area contributed by atoms with Gasteiger partial charge in [0.15, 0.2) is 0 Å². The summed E-state index contributed by atoms with van der Waals surface area (Å²) in [5, 5.41) is 0. The topological polar surface area (TPSA) is 81.8 Å². The maximum Gasteiger partial charge on any atom is 0.248 e. The van der Waals surface area contributed by atoms with Crippen molar-refractivity contribution in [2.45, 2.75) is 24.9 Å². The lowest BCUT2D eigenvalue weighted by Gasteiger charge is -2.33. The molecule has 2 saturated heterocycles. The molecule has 3 amide bonds. The zero-order valence-corrected chi connectivity index (χ0v) is 18.0. The number of carbonyl (C=O) groups excluding carboxylic acids is 3. The van der Waals surface area contributed by atoms with Gasteiger partial charge < -0.3 is 4.90 Å². The van der Waals surface area contributed by atoms with Gasteiger partial charge >= 0.3 is 0 Å². The van der Waals surface area contributed by atoms with Crippen LogP contribution in [0.15, 0.2) is 59.1 Å². The quantitative estimate of drug-likeness (QED) is 0.651. The first-order chi connectivity index (χ1) is 14.5. The smallest absolute Gasteiger partial charge is 0.248 e. The third-order valence-electron chi connectivity index (χ3n) is 5.51. The predicted molar refractivity (Wildman–Crippen MR) is 115 cm³/mol. The van der Waals surface area contributed by atoms with E-state index in [0.29, 0.717) is 19.4 Å². The fourth-order valence-electron chi connectivity index (χ4n) is 3.84. The van der Waals surface area contributed by atoms with E-state index < -0.39 is 6.04 Å². The Morgan fingerprint density at radius 1 is 0.967 bits per heavy atom. The van der Waals surface area contributed by atoms with Crippen molar-refractivity contribution in [3.63, 3.8) is 0 Å². The van der Waals surface area contributed by atoms with E-state index in [1.54, 1.807) is 0 Å². The van der Waals surface area contributed by atoms with Gasteiger partial charge in [-0.3, -0.25) is 19.3 Å². The summed E-state index contributed by atoms with van der Waals surface area (Å²) in [4.78, 5) is 40.6. The Bertz CT molecular complexity index is 917. The van der Waals surface area contributed by atoms with Crippen LogP contribution in [0.1, 0.15) is 23.6 Å². The lowest BCUT2D eigenvalue weighted by Crippen LogP contribution is -2.58. The number of amides is 3. The van der Waals surface area contributed by atoms with Crippen molar-refractivity contribution in [3.8, 4) is 0 Å². The minimum atomic E-state index is -0.477. The fraction of sp³-hybridized carbons (Fsp3) is 0.318. The number of piperazine rings is 1. The highest BCUT2D eigenvalue weighted by atomic mass is 79.9. The van der Waals surface area contributed by atoms with Gasteiger partial charge in [0, 0.05) is 17.1 Å². The molecule has 2 aromatic carbocycles. The summed E-state index contributed by atoms with van der Waals surface area (Å²) < 4.78 is 0.993. The Morgan fingerprint density at radius 3 is 2.30 bits per heavy atom. The number of nitrogens with one attached hydrogen (secondary N) is 2. The number of rotatable bonds is 5. The Balaban J connectivity index is 1.33. The van der Waals surface area contributed by atoms with Crippen molar-refractivity contribution in [2.24, 2.45) is 0 Å². The van der Waals surface area contributed by atoms with E-state index >= 15 is 0 Å². The van der Waals surface area contributed by atoms with Crippen molar-refractivity contribution in [1.29, 1.82) is 0 Å². The van der Waals surface area contributed by atoms with E-state index in [0.717, 1.165) is 15.6 Å². The van der Waals surface area contributed by atoms with E-state index in [1.165, 1.54) is 9.80 Å². The molecule has 2 fully saturated rings. The number of hydrazine groups is 1. The minimum Gasteiger partial charge on any atom is -0.323 e. The third kappa shape index (κ3) is 4.61. The average molecular weight is 471 g/mol. The second kappa shape index (κ2) is 9.07. The van der Waals surface area contributed by atoms with Gasteiger partial charge in [-0.25, -0.2) is 10.9 Å². The molecule has 0 aliphatic carbocycles. The summed E-state index contributed by atoms with van der Waals surface area (Å²) in [5.74, 6) is -0.886. The summed E-state index contributed by atoms with van der Waals surface area (Å²) >= 11 is 3.42. The third-order valence-corrected chi connectivity index (χ3v) is 6.04. The molecular formula is C22H23BrN4O3. The van der Waals surface area contributed by atoms with Crippen LogP contribution in [0, 0.1) is 0 Å². The van der Waals surface area contributed by atoms with Crippen LogP contribution < -0.4 is 10.9 Å². The van der Waals surface area contributed by atoms with Gasteiger partial charge in [0.25, 0.3) is 0 Å². The van der Waals surface area contributed by atoms with Crippen LogP contribution in [-0.4, -0.2) is 53.2 Å². The molecule has 0 spiro atoms. The number of hydrogen-bond donors (Lipinski definition) is 2. The maximum absolute atomic E-state index is 12.9. The van der Waals surface area contributed by atoms with Gasteiger partial charge in [-0.2, -0.15) is 0 Å². The van der Waals surface area contributed by atoms with Crippen molar-refractivity contribution >= 4 is 33.7 Å². The zero-order valence-electron chi connectivity index (χ0n) is 16.4. The Kier molecular flexibility index (Phi) is 6.26. The number of carbonyl (C=O) groups is 3. The van der Waals surface area contributed by atoms with E-state index in [9.17, 15) is 14.4 Å². The summed E-state index contributed by atoms with van der Waals surface area (Å²) in [7, 11) is 0. The zero-order chi connectivity index (χ0) is 21.1. The molecular weight excluding hydrogens is 448 g/mol. The van der Waals surface area contributed by atoms with Crippen LogP contribution in [0.2, 0.25) is 0 Å². The molecule has 2 aliphatic rings. The Labute approximate surface area is 183 Å². The molecule has 0 saturated carbocycles. The van der Waals surface area contributed by atoms with Gasteiger partial charge in [-0.15, -0.1) is 0 Å². The van der Waals surface area contributed by atoms with Gasteiger partial charge in [0.05, 0.1) is 0 Å². The molecule has 7 nitrogen and oxygen atoms in total. The molecule has 2 unspecified atom stereocenters. The molecule has 0 bridgehead atoms. The summed E-state index contributed by atoms with van der Waals surface area (Å²) in [6, 6.07) is 17.1.